The Morgan fingerprint density at radius 2 is 1.84 bits per heavy atom. The van der Waals surface area contributed by atoms with Crippen LogP contribution >= 0.6 is 44.7 Å². The Morgan fingerprint density at radius 1 is 1.20 bits per heavy atom. The minimum absolute atomic E-state index is 0. The molecule has 10 heteroatoms. The summed E-state index contributed by atoms with van der Waals surface area (Å²) in [5.41, 5.74) is 1.01. The highest BCUT2D eigenvalue weighted by Crippen LogP contribution is 2.30. The largest absolute Gasteiger partial charge is 1.00 e. The van der Waals surface area contributed by atoms with E-state index in [1.54, 1.807) is 32.4 Å². The average Bonchev–Trinajstić information content (AvgIpc) is 3.04. The van der Waals surface area contributed by atoms with Crippen LogP contribution in [-0.2, 0) is 0 Å². The van der Waals surface area contributed by atoms with Crippen molar-refractivity contribution in [2.24, 2.45) is 4.99 Å². The number of anilines is 2. The molecule has 1 heterocycles. The maximum Gasteiger partial charge on any atom is 0.390 e. The summed E-state index contributed by atoms with van der Waals surface area (Å²) in [7, 11) is 11.0. The van der Waals surface area contributed by atoms with Crippen molar-refractivity contribution in [1.29, 1.82) is 0 Å². The Hall–Kier alpha value is -0.560. The molecule has 2 aromatic rings. The minimum atomic E-state index is 0. The number of halogens is 1. The van der Waals surface area contributed by atoms with E-state index < -0.39 is 0 Å². The van der Waals surface area contributed by atoms with Gasteiger partial charge in [0, 0.05) is 29.4 Å². The second-order valence-corrected chi connectivity index (χ2v) is 8.39. The maximum atomic E-state index is 5.36. The third-order valence-electron chi connectivity index (χ3n) is 2.92. The molecule has 2 rings (SSSR count). The number of amidine groups is 1. The predicted molar refractivity (Wildman–Crippen MR) is 113 cm³/mol. The number of rotatable bonds is 2. The highest BCUT2D eigenvalue weighted by Gasteiger charge is 2.24. The van der Waals surface area contributed by atoms with E-state index in [2.05, 4.69) is 9.89 Å². The molecule has 0 saturated carbocycles. The molecular weight excluding hydrogens is 505 g/mol. The molecule has 0 fully saturated rings. The summed E-state index contributed by atoms with van der Waals surface area (Å²) < 4.78 is 2.01. The summed E-state index contributed by atoms with van der Waals surface area (Å²) in [6.45, 7) is 0. The van der Waals surface area contributed by atoms with Crippen molar-refractivity contribution in [1.82, 2.24) is 14.5 Å². The summed E-state index contributed by atoms with van der Waals surface area (Å²) >= 11 is 6.91. The van der Waals surface area contributed by atoms with E-state index in [-0.39, 0.29) is 24.0 Å². The van der Waals surface area contributed by atoms with Crippen LogP contribution in [-0.4, -0.2) is 54.6 Å². The van der Waals surface area contributed by atoms with Gasteiger partial charge in [0.05, 0.1) is 19.8 Å². The molecule has 1 aromatic heterocycles. The fourth-order valence-electron chi connectivity index (χ4n) is 1.70. The number of thiocarbonyl (C=S) groups is 1. The maximum absolute atomic E-state index is 5.36. The topological polar surface area (TPSA) is 34.7 Å². The van der Waals surface area contributed by atoms with Gasteiger partial charge in [-0.3, -0.25) is 4.58 Å². The first-order valence-corrected chi connectivity index (χ1v) is 10.9. The van der Waals surface area contributed by atoms with Gasteiger partial charge in [0.2, 0.25) is 0 Å². The van der Waals surface area contributed by atoms with Gasteiger partial charge < -0.3 is 28.9 Å². The molecule has 0 spiro atoms. The molecule has 1 aromatic carbocycles. The van der Waals surface area contributed by atoms with Gasteiger partial charge in [-0.1, -0.05) is 30.0 Å². The third kappa shape index (κ3) is 5.98. The highest BCUT2D eigenvalue weighted by molar-refractivity contribution is 8.13. The Balaban J connectivity index is 0.00000312. The van der Waals surface area contributed by atoms with Gasteiger partial charge in [-0.2, -0.15) is 4.99 Å². The lowest BCUT2D eigenvalue weighted by Gasteiger charge is -2.20. The smallest absolute Gasteiger partial charge is 0.390 e. The molecule has 5 nitrogen and oxygen atoms in total. The van der Waals surface area contributed by atoms with Crippen LogP contribution in [0.2, 0.25) is 0 Å². The molecule has 136 valence electrons. The van der Waals surface area contributed by atoms with E-state index in [1.807, 2.05) is 74.3 Å². The molecule has 0 aliphatic carbocycles. The summed E-state index contributed by atoms with van der Waals surface area (Å²) in [6, 6.07) is 10.1. The number of aliphatic imine (C=N–C) groups is 1. The number of benzene rings is 1. The van der Waals surface area contributed by atoms with Crippen LogP contribution in [0.1, 0.15) is 0 Å². The van der Waals surface area contributed by atoms with Crippen LogP contribution in [0, 0.1) is 0 Å². The Kier molecular flexibility index (Phi) is 9.49. The fourth-order valence-corrected chi connectivity index (χ4v) is 4.67. The molecular formula is C15H20IN5S4. The zero-order valence-corrected chi connectivity index (χ0v) is 20.1. The van der Waals surface area contributed by atoms with Gasteiger partial charge >= 0.3 is 9.93 Å². The number of hydrogen-bond donors (Lipinski definition) is 0. The van der Waals surface area contributed by atoms with E-state index in [0.717, 1.165) is 20.8 Å². The zero-order valence-electron chi connectivity index (χ0n) is 14.6. The van der Waals surface area contributed by atoms with Crippen molar-refractivity contribution in [3.05, 3.63) is 35.1 Å². The average molecular weight is 526 g/mol. The minimum Gasteiger partial charge on any atom is -1.00 e. The fraction of sp³-hybridized carbons (Fsp3) is 0.333. The summed E-state index contributed by atoms with van der Waals surface area (Å²) in [5.74, 6) is 0. The van der Waals surface area contributed by atoms with Gasteiger partial charge in [-0.15, -0.1) is 0 Å². The second kappa shape index (κ2) is 10.6. The SMILES string of the molecule is CS/C(=N\C(=S)N(C)C)N(c1ccccc1)c1nc(=[N+](C)C)ss1.[I-]. The summed E-state index contributed by atoms with van der Waals surface area (Å²) in [5, 5.41) is 2.21. The first kappa shape index (κ1) is 22.5. The monoisotopic (exact) mass is 525 g/mol. The number of thioether (sulfide) groups is 1. The van der Waals surface area contributed by atoms with E-state index in [4.69, 9.17) is 17.2 Å². The number of nitrogens with zero attached hydrogens (tertiary/aromatic N) is 5. The standard InChI is InChI=1S/C15H20N5S4.HI/c1-18(2)12(21)16-14(22-5)20(11-9-7-6-8-10-11)15-17-13(19(3)4)23-24-15;/h6-10H,1-5H3;1H/q+1;/p-1/b16-14-;. The van der Waals surface area contributed by atoms with Crippen LogP contribution in [0.4, 0.5) is 10.8 Å². The van der Waals surface area contributed by atoms with Crippen molar-refractivity contribution < 1.29 is 24.0 Å². The molecule has 0 unspecified atom stereocenters. The Bertz CT molecular complexity index is 794. The van der Waals surface area contributed by atoms with E-state index in [9.17, 15) is 0 Å². The summed E-state index contributed by atoms with van der Waals surface area (Å²) in [4.78, 5) is 14.2. The normalized spacial score (nSPS) is 10.8. The molecule has 0 aliphatic rings. The Morgan fingerprint density at radius 3 is 2.32 bits per heavy atom. The zero-order chi connectivity index (χ0) is 17.7. The van der Waals surface area contributed by atoms with Gasteiger partial charge in [0.15, 0.2) is 10.3 Å². The van der Waals surface area contributed by atoms with Crippen molar-refractivity contribution in [3.8, 4) is 0 Å². The predicted octanol–water partition coefficient (Wildman–Crippen LogP) is -0.0560. The van der Waals surface area contributed by atoms with Crippen LogP contribution < -0.4 is 38.3 Å². The first-order valence-electron chi connectivity index (χ1n) is 7.10. The van der Waals surface area contributed by atoms with Gasteiger partial charge in [0.25, 0.3) is 0 Å². The molecule has 0 aliphatic heterocycles. The molecule has 25 heavy (non-hydrogen) atoms. The number of aromatic nitrogens is 1. The highest BCUT2D eigenvalue weighted by atomic mass is 127. The Labute approximate surface area is 182 Å². The lowest BCUT2D eigenvalue weighted by atomic mass is 10.3. The lowest BCUT2D eigenvalue weighted by molar-refractivity contribution is -0.00000482. The van der Waals surface area contributed by atoms with Gasteiger partial charge in [-0.05, 0) is 40.9 Å². The van der Waals surface area contributed by atoms with Crippen molar-refractivity contribution in [3.63, 3.8) is 0 Å². The van der Waals surface area contributed by atoms with E-state index in [0.29, 0.717) is 5.11 Å². The van der Waals surface area contributed by atoms with Crippen LogP contribution in [0.3, 0.4) is 0 Å². The molecule has 0 saturated heterocycles. The van der Waals surface area contributed by atoms with Gasteiger partial charge in [0.1, 0.15) is 0 Å². The van der Waals surface area contributed by atoms with Crippen molar-refractivity contribution in [2.75, 3.05) is 39.3 Å². The lowest BCUT2D eigenvalue weighted by Crippen LogP contribution is -3.00. The first-order chi connectivity index (χ1) is 11.4. The molecule has 0 N–H and O–H groups in total. The van der Waals surface area contributed by atoms with Crippen LogP contribution in [0.15, 0.2) is 35.3 Å². The van der Waals surface area contributed by atoms with Gasteiger partial charge in [-0.25, -0.2) is 4.90 Å². The quantitative estimate of drug-likeness (QED) is 0.137. The van der Waals surface area contributed by atoms with Crippen molar-refractivity contribution >= 4 is 65.8 Å². The molecule has 0 bridgehead atoms. The molecule has 0 atom stereocenters. The molecule has 0 radical (unpaired) electrons. The second-order valence-electron chi connectivity index (χ2n) is 5.18. The third-order valence-corrected chi connectivity index (χ3v) is 6.27. The van der Waals surface area contributed by atoms with E-state index >= 15 is 0 Å². The van der Waals surface area contributed by atoms with E-state index in [1.165, 1.54) is 0 Å². The summed E-state index contributed by atoms with van der Waals surface area (Å²) in [6.07, 6.45) is 2.00. The molecule has 0 amide bonds. The van der Waals surface area contributed by atoms with Crippen LogP contribution in [0.25, 0.3) is 0 Å². The van der Waals surface area contributed by atoms with Crippen LogP contribution in [0.5, 0.6) is 0 Å². The number of para-hydroxylation sites is 1. The van der Waals surface area contributed by atoms with Crippen molar-refractivity contribution in [2.45, 2.75) is 0 Å². The number of hydrogen-bond acceptors (Lipinski definition) is 5.